The third-order valence-electron chi connectivity index (χ3n) is 3.32. The third kappa shape index (κ3) is 5.37. The van der Waals surface area contributed by atoms with Gasteiger partial charge in [-0.3, -0.25) is 14.9 Å². The fourth-order valence-electron chi connectivity index (χ4n) is 2.09. The van der Waals surface area contributed by atoms with Crippen LogP contribution in [0.4, 0.5) is 5.69 Å². The predicted octanol–water partition coefficient (Wildman–Crippen LogP) is 4.83. The fourth-order valence-corrected chi connectivity index (χ4v) is 2.52. The molecule has 0 aliphatic carbocycles. The summed E-state index contributed by atoms with van der Waals surface area (Å²) in [5.74, 6) is -0.914. The molecule has 0 N–H and O–H groups in total. The molecule has 0 bridgehead atoms. The molecule has 6 nitrogen and oxygen atoms in total. The molecule has 0 fully saturated rings. The number of hydrogen-bond donors (Lipinski definition) is 0. The zero-order chi connectivity index (χ0) is 18.4. The van der Waals surface area contributed by atoms with E-state index in [9.17, 15) is 19.7 Å². The number of esters is 1. The zero-order valence-electron chi connectivity index (χ0n) is 12.9. The second kappa shape index (κ2) is 8.73. The normalized spacial score (nSPS) is 10.3. The van der Waals surface area contributed by atoms with Gasteiger partial charge in [-0.2, -0.15) is 0 Å². The molecule has 0 unspecified atom stereocenters. The number of hydrogen-bond acceptors (Lipinski definition) is 5. The highest BCUT2D eigenvalue weighted by molar-refractivity contribution is 9.10. The average Bonchev–Trinajstić information content (AvgIpc) is 2.58. The monoisotopic (exact) mass is 425 g/mol. The van der Waals surface area contributed by atoms with Gasteiger partial charge in [0.15, 0.2) is 5.78 Å². The first-order chi connectivity index (χ1) is 11.9. The van der Waals surface area contributed by atoms with E-state index in [0.717, 1.165) is 10.5 Å². The molecular formula is C17H13BrClNO5. The van der Waals surface area contributed by atoms with Crippen molar-refractivity contribution >= 4 is 45.0 Å². The Morgan fingerprint density at radius 2 is 1.84 bits per heavy atom. The lowest BCUT2D eigenvalue weighted by Gasteiger charge is -2.06. The standard InChI is InChI=1S/C17H13BrClNO5/c18-12-5-3-11(4-6-12)16(21)2-1-9-25-17(22)14-10-13(19)7-8-15(14)20(23)24/h3-8,10H,1-2,9H2. The van der Waals surface area contributed by atoms with Crippen molar-refractivity contribution in [2.24, 2.45) is 0 Å². The van der Waals surface area contributed by atoms with Crippen LogP contribution in [-0.4, -0.2) is 23.3 Å². The number of nitro groups is 1. The van der Waals surface area contributed by atoms with Crippen LogP contribution in [0.15, 0.2) is 46.9 Å². The summed E-state index contributed by atoms with van der Waals surface area (Å²) in [6, 6.07) is 10.6. The van der Waals surface area contributed by atoms with Crippen LogP contribution in [0.2, 0.25) is 5.02 Å². The van der Waals surface area contributed by atoms with Crippen LogP contribution in [0.3, 0.4) is 0 Å². The molecule has 0 aliphatic rings. The van der Waals surface area contributed by atoms with Gasteiger partial charge >= 0.3 is 5.97 Å². The molecule has 0 spiro atoms. The maximum absolute atomic E-state index is 12.0. The highest BCUT2D eigenvalue weighted by Gasteiger charge is 2.21. The smallest absolute Gasteiger partial charge is 0.345 e. The Kier molecular flexibility index (Phi) is 6.66. The van der Waals surface area contributed by atoms with Gasteiger partial charge in [0.1, 0.15) is 5.56 Å². The van der Waals surface area contributed by atoms with Gasteiger partial charge < -0.3 is 4.74 Å². The van der Waals surface area contributed by atoms with Gasteiger partial charge in [0.2, 0.25) is 0 Å². The molecule has 2 rings (SSSR count). The molecular weight excluding hydrogens is 414 g/mol. The molecule has 0 saturated heterocycles. The number of carbonyl (C=O) groups excluding carboxylic acids is 2. The summed E-state index contributed by atoms with van der Waals surface area (Å²) < 4.78 is 5.89. The summed E-state index contributed by atoms with van der Waals surface area (Å²) in [7, 11) is 0. The van der Waals surface area contributed by atoms with Crippen molar-refractivity contribution in [2.75, 3.05) is 6.61 Å². The van der Waals surface area contributed by atoms with E-state index >= 15 is 0 Å². The maximum Gasteiger partial charge on any atom is 0.345 e. The number of rotatable bonds is 7. The van der Waals surface area contributed by atoms with Crippen LogP contribution in [0.1, 0.15) is 33.6 Å². The van der Waals surface area contributed by atoms with Crippen LogP contribution in [0.25, 0.3) is 0 Å². The fraction of sp³-hybridized carbons (Fsp3) is 0.176. The molecule has 2 aromatic carbocycles. The Bertz CT molecular complexity index is 807. The quantitative estimate of drug-likeness (QED) is 0.208. The largest absolute Gasteiger partial charge is 0.462 e. The lowest BCUT2D eigenvalue weighted by molar-refractivity contribution is -0.385. The SMILES string of the molecule is O=C(CCCOC(=O)c1cc(Cl)ccc1[N+](=O)[O-])c1ccc(Br)cc1. The number of ether oxygens (including phenoxy) is 1. The van der Waals surface area contributed by atoms with E-state index in [0.29, 0.717) is 12.0 Å². The second-order valence-corrected chi connectivity index (χ2v) is 6.44. The second-order valence-electron chi connectivity index (χ2n) is 5.09. The molecule has 0 saturated carbocycles. The average molecular weight is 427 g/mol. The van der Waals surface area contributed by atoms with Crippen molar-refractivity contribution in [1.29, 1.82) is 0 Å². The van der Waals surface area contributed by atoms with Crippen molar-refractivity contribution in [1.82, 2.24) is 0 Å². The highest BCUT2D eigenvalue weighted by Crippen LogP contribution is 2.23. The number of carbonyl (C=O) groups is 2. The number of nitro benzene ring substituents is 1. The van der Waals surface area contributed by atoms with Gasteiger partial charge in [-0.15, -0.1) is 0 Å². The summed E-state index contributed by atoms with van der Waals surface area (Å²) in [6.07, 6.45) is 0.515. The molecule has 0 aliphatic heterocycles. The number of halogens is 2. The van der Waals surface area contributed by atoms with E-state index in [-0.39, 0.29) is 35.1 Å². The molecule has 0 atom stereocenters. The van der Waals surface area contributed by atoms with E-state index < -0.39 is 10.9 Å². The Balaban J connectivity index is 1.89. The van der Waals surface area contributed by atoms with Crippen LogP contribution in [-0.2, 0) is 4.74 Å². The molecule has 25 heavy (non-hydrogen) atoms. The number of Topliss-reactive ketones (excluding diaryl/α,β-unsaturated/α-hetero) is 1. The van der Waals surface area contributed by atoms with Gasteiger partial charge in [-0.05, 0) is 30.7 Å². The first kappa shape index (κ1) is 19.1. The molecule has 0 aromatic heterocycles. The minimum atomic E-state index is -0.842. The molecule has 0 amide bonds. The number of benzene rings is 2. The van der Waals surface area contributed by atoms with Crippen molar-refractivity contribution in [3.05, 3.63) is 73.2 Å². The molecule has 8 heteroatoms. The van der Waals surface area contributed by atoms with E-state index in [4.69, 9.17) is 16.3 Å². The van der Waals surface area contributed by atoms with Gasteiger partial charge in [0.05, 0.1) is 11.5 Å². The summed E-state index contributed by atoms with van der Waals surface area (Å²) in [6.45, 7) is -0.0230. The van der Waals surface area contributed by atoms with Gasteiger partial charge in [-0.25, -0.2) is 4.79 Å². The van der Waals surface area contributed by atoms with E-state index in [1.807, 2.05) is 0 Å². The van der Waals surface area contributed by atoms with Crippen molar-refractivity contribution < 1.29 is 19.2 Å². The molecule has 0 heterocycles. The molecule has 0 radical (unpaired) electrons. The lowest BCUT2D eigenvalue weighted by Crippen LogP contribution is -2.10. The topological polar surface area (TPSA) is 86.5 Å². The highest BCUT2D eigenvalue weighted by atomic mass is 79.9. The minimum absolute atomic E-state index is 0.0230. The van der Waals surface area contributed by atoms with Gasteiger partial charge in [0, 0.05) is 27.5 Å². The van der Waals surface area contributed by atoms with Crippen molar-refractivity contribution in [3.8, 4) is 0 Å². The third-order valence-corrected chi connectivity index (χ3v) is 4.09. The van der Waals surface area contributed by atoms with Crippen LogP contribution >= 0.6 is 27.5 Å². The van der Waals surface area contributed by atoms with E-state index in [1.54, 1.807) is 24.3 Å². The summed E-state index contributed by atoms with van der Waals surface area (Å²) in [4.78, 5) is 34.3. The van der Waals surface area contributed by atoms with E-state index in [1.165, 1.54) is 12.1 Å². The summed E-state index contributed by atoms with van der Waals surface area (Å²) in [5.41, 5.74) is -0.0166. The minimum Gasteiger partial charge on any atom is -0.462 e. The Morgan fingerprint density at radius 3 is 2.48 bits per heavy atom. The Hall–Kier alpha value is -2.25. The van der Waals surface area contributed by atoms with Crippen LogP contribution in [0.5, 0.6) is 0 Å². The predicted molar refractivity (Wildman–Crippen MR) is 96.1 cm³/mol. The van der Waals surface area contributed by atoms with Crippen LogP contribution in [0, 0.1) is 10.1 Å². The van der Waals surface area contributed by atoms with Gasteiger partial charge in [-0.1, -0.05) is 39.7 Å². The summed E-state index contributed by atoms with van der Waals surface area (Å²) >= 11 is 9.06. The molecule has 130 valence electrons. The van der Waals surface area contributed by atoms with Crippen molar-refractivity contribution in [2.45, 2.75) is 12.8 Å². The number of ketones is 1. The summed E-state index contributed by atoms with van der Waals surface area (Å²) in [5, 5.41) is 11.1. The van der Waals surface area contributed by atoms with Crippen LogP contribution < -0.4 is 0 Å². The Labute approximate surface area is 157 Å². The number of nitrogens with zero attached hydrogens (tertiary/aromatic N) is 1. The van der Waals surface area contributed by atoms with E-state index in [2.05, 4.69) is 15.9 Å². The van der Waals surface area contributed by atoms with Gasteiger partial charge in [0.25, 0.3) is 5.69 Å². The first-order valence-corrected chi connectivity index (χ1v) is 8.45. The maximum atomic E-state index is 12.0. The lowest BCUT2D eigenvalue weighted by atomic mass is 10.1. The molecule has 2 aromatic rings. The van der Waals surface area contributed by atoms with Crippen molar-refractivity contribution in [3.63, 3.8) is 0 Å². The zero-order valence-corrected chi connectivity index (χ0v) is 15.2. The Morgan fingerprint density at radius 1 is 1.16 bits per heavy atom. The first-order valence-electron chi connectivity index (χ1n) is 7.28.